The minimum Gasteiger partial charge on any atom is -0.497 e. The van der Waals surface area contributed by atoms with Gasteiger partial charge in [-0.1, -0.05) is 0 Å². The molecule has 1 saturated heterocycles. The molecule has 5 rings (SSSR count). The zero-order valence-electron chi connectivity index (χ0n) is 17.5. The molecule has 1 atom stereocenters. The highest BCUT2D eigenvalue weighted by Crippen LogP contribution is 2.40. The lowest BCUT2D eigenvalue weighted by Gasteiger charge is -2.34. The fraction of sp³-hybridized carbons (Fsp3) is 0.292. The van der Waals surface area contributed by atoms with Crippen LogP contribution in [0.2, 0.25) is 0 Å². The summed E-state index contributed by atoms with van der Waals surface area (Å²) in [5.74, 6) is 2.96. The number of ketones is 1. The number of nitrogens with zero attached hydrogens (tertiary/aromatic N) is 3. The van der Waals surface area contributed by atoms with Crippen LogP contribution in [0.1, 0.15) is 23.2 Å². The summed E-state index contributed by atoms with van der Waals surface area (Å²) in [5, 5.41) is 8.83. The molecular weight excluding hydrogens is 394 g/mol. The lowest BCUT2D eigenvalue weighted by molar-refractivity contribution is 0.0537. The summed E-state index contributed by atoms with van der Waals surface area (Å²) in [6, 6.07) is 17.0. The van der Waals surface area contributed by atoms with Gasteiger partial charge in [-0.25, -0.2) is 0 Å². The summed E-state index contributed by atoms with van der Waals surface area (Å²) < 4.78 is 16.8. The van der Waals surface area contributed by atoms with E-state index in [0.717, 1.165) is 35.8 Å². The van der Waals surface area contributed by atoms with Gasteiger partial charge in [0.15, 0.2) is 11.6 Å². The third kappa shape index (κ3) is 3.56. The predicted octanol–water partition coefficient (Wildman–Crippen LogP) is 3.78. The molecule has 1 fully saturated rings. The quantitative estimate of drug-likeness (QED) is 0.640. The molecule has 7 nitrogen and oxygen atoms in total. The first-order valence-electron chi connectivity index (χ1n) is 10.2. The van der Waals surface area contributed by atoms with E-state index in [1.165, 1.54) is 0 Å². The molecule has 1 unspecified atom stereocenters. The third-order valence-electron chi connectivity index (χ3n) is 5.97. The fourth-order valence-corrected chi connectivity index (χ4v) is 4.28. The number of carbonyl (C=O) groups excluding carboxylic acids is 1. The molecule has 0 aliphatic carbocycles. The molecule has 3 heterocycles. The first-order valence-corrected chi connectivity index (χ1v) is 10.2. The summed E-state index contributed by atoms with van der Waals surface area (Å²) in [6.45, 7) is 1.36. The van der Waals surface area contributed by atoms with Crippen LogP contribution in [0.3, 0.4) is 0 Å². The maximum absolute atomic E-state index is 12.8. The Morgan fingerprint density at radius 3 is 2.45 bits per heavy atom. The van der Waals surface area contributed by atoms with E-state index in [2.05, 4.69) is 15.1 Å². The number of hydrogen-bond acceptors (Lipinski definition) is 7. The highest BCUT2D eigenvalue weighted by atomic mass is 16.5. The van der Waals surface area contributed by atoms with Crippen molar-refractivity contribution in [2.24, 2.45) is 0 Å². The maximum Gasteiger partial charge on any atom is 0.170 e. The van der Waals surface area contributed by atoms with Crippen LogP contribution in [-0.2, 0) is 0 Å². The predicted molar refractivity (Wildman–Crippen MR) is 116 cm³/mol. The van der Waals surface area contributed by atoms with Crippen LogP contribution >= 0.6 is 0 Å². The van der Waals surface area contributed by atoms with E-state index in [4.69, 9.17) is 14.2 Å². The average Bonchev–Trinajstić information content (AvgIpc) is 3.22. The topological polar surface area (TPSA) is 73.8 Å². The lowest BCUT2D eigenvalue weighted by atomic mass is 9.89. The van der Waals surface area contributed by atoms with E-state index in [0.29, 0.717) is 30.0 Å². The summed E-state index contributed by atoms with van der Waals surface area (Å²) in [6.07, 6.45) is 1.10. The van der Waals surface area contributed by atoms with Crippen molar-refractivity contribution < 1.29 is 19.0 Å². The Kier molecular flexibility index (Phi) is 4.73. The summed E-state index contributed by atoms with van der Waals surface area (Å²) in [7, 11) is 3.23. The van der Waals surface area contributed by atoms with Crippen LogP contribution in [0.5, 0.6) is 17.2 Å². The molecule has 31 heavy (non-hydrogen) atoms. The summed E-state index contributed by atoms with van der Waals surface area (Å²) >= 11 is 0. The van der Waals surface area contributed by atoms with Gasteiger partial charge in [-0.3, -0.25) is 4.79 Å². The molecule has 3 aromatic rings. The van der Waals surface area contributed by atoms with Gasteiger partial charge in [-0.05, 0) is 54.6 Å². The van der Waals surface area contributed by atoms with Crippen molar-refractivity contribution in [3.8, 4) is 28.5 Å². The number of Topliss-reactive ketones (excluding diaryl/α,β-unsaturated/α-hetero) is 1. The zero-order chi connectivity index (χ0) is 21.4. The molecule has 7 heteroatoms. The van der Waals surface area contributed by atoms with E-state index >= 15 is 0 Å². The van der Waals surface area contributed by atoms with Crippen LogP contribution < -0.4 is 19.1 Å². The summed E-state index contributed by atoms with van der Waals surface area (Å²) in [4.78, 5) is 14.9. The molecule has 0 radical (unpaired) electrons. The lowest BCUT2D eigenvalue weighted by Crippen LogP contribution is -2.44. The van der Waals surface area contributed by atoms with Gasteiger partial charge in [0, 0.05) is 18.5 Å². The number of methoxy groups -OCH3 is 2. The molecule has 1 aromatic heterocycles. The number of fused-ring (bicyclic) bond motifs is 1. The second-order valence-electron chi connectivity index (χ2n) is 7.92. The largest absolute Gasteiger partial charge is 0.497 e. The van der Waals surface area contributed by atoms with Crippen LogP contribution in [0.4, 0.5) is 5.82 Å². The number of benzene rings is 2. The van der Waals surface area contributed by atoms with Crippen molar-refractivity contribution in [2.75, 3.05) is 32.2 Å². The van der Waals surface area contributed by atoms with Gasteiger partial charge < -0.3 is 19.1 Å². The van der Waals surface area contributed by atoms with Crippen LogP contribution in [0.15, 0.2) is 54.6 Å². The first-order chi connectivity index (χ1) is 15.1. The van der Waals surface area contributed by atoms with Crippen molar-refractivity contribution >= 4 is 11.6 Å². The van der Waals surface area contributed by atoms with E-state index in [-0.39, 0.29) is 5.78 Å². The zero-order valence-corrected chi connectivity index (χ0v) is 17.5. The third-order valence-corrected chi connectivity index (χ3v) is 5.97. The minimum atomic E-state index is -0.533. The molecule has 158 valence electrons. The number of ether oxygens (including phenoxy) is 3. The number of anilines is 1. The van der Waals surface area contributed by atoms with Gasteiger partial charge >= 0.3 is 0 Å². The monoisotopic (exact) mass is 417 g/mol. The van der Waals surface area contributed by atoms with Gasteiger partial charge in [0.25, 0.3) is 0 Å². The van der Waals surface area contributed by atoms with Crippen LogP contribution in [-0.4, -0.2) is 48.9 Å². The molecule has 2 aliphatic heterocycles. The van der Waals surface area contributed by atoms with Crippen LogP contribution in [0, 0.1) is 0 Å². The van der Waals surface area contributed by atoms with Crippen molar-refractivity contribution in [1.29, 1.82) is 0 Å². The van der Waals surface area contributed by atoms with Gasteiger partial charge in [0.05, 0.1) is 38.4 Å². The van der Waals surface area contributed by atoms with Gasteiger partial charge in [0.2, 0.25) is 0 Å². The fourth-order valence-electron chi connectivity index (χ4n) is 4.28. The second-order valence-corrected chi connectivity index (χ2v) is 7.92. The Balaban J connectivity index is 1.32. The Morgan fingerprint density at radius 2 is 1.74 bits per heavy atom. The average molecular weight is 417 g/mol. The molecule has 0 bridgehead atoms. The van der Waals surface area contributed by atoms with E-state index in [9.17, 15) is 4.79 Å². The van der Waals surface area contributed by atoms with Gasteiger partial charge in [0.1, 0.15) is 22.8 Å². The highest BCUT2D eigenvalue weighted by molar-refractivity contribution is 6.00. The molecule has 2 aliphatic rings. The molecule has 2 aromatic carbocycles. The van der Waals surface area contributed by atoms with Crippen molar-refractivity contribution in [3.05, 3.63) is 60.2 Å². The number of hydrogen-bond donors (Lipinski definition) is 0. The van der Waals surface area contributed by atoms with Gasteiger partial charge in [-0.15, -0.1) is 10.2 Å². The van der Waals surface area contributed by atoms with Crippen molar-refractivity contribution in [2.45, 2.75) is 18.4 Å². The standard InChI is InChI=1S/C24H23N3O4/c1-29-17-5-3-16(4-6-17)20-8-10-23(26-25-20)27-12-11-24(15-27)14-21(28)19-13-18(30-2)7-9-22(19)31-24/h3-10,13H,11-12,14-15H2,1-2H3. The first kappa shape index (κ1) is 19.4. The molecular formula is C24H23N3O4. The van der Waals surface area contributed by atoms with Crippen molar-refractivity contribution in [1.82, 2.24) is 10.2 Å². The van der Waals surface area contributed by atoms with E-state index in [1.54, 1.807) is 20.3 Å². The minimum absolute atomic E-state index is 0.0861. The number of aromatic nitrogens is 2. The smallest absolute Gasteiger partial charge is 0.170 e. The Hall–Kier alpha value is -3.61. The molecule has 0 N–H and O–H groups in total. The van der Waals surface area contributed by atoms with E-state index < -0.39 is 5.60 Å². The molecule has 1 spiro atoms. The maximum atomic E-state index is 12.8. The van der Waals surface area contributed by atoms with E-state index in [1.807, 2.05) is 48.5 Å². The number of carbonyl (C=O) groups is 1. The Bertz CT molecular complexity index is 1110. The van der Waals surface area contributed by atoms with Gasteiger partial charge in [-0.2, -0.15) is 0 Å². The molecule has 0 amide bonds. The number of rotatable bonds is 4. The SMILES string of the molecule is COc1ccc(-c2ccc(N3CCC4(CC(=O)c5cc(OC)ccc5O4)C3)nn2)cc1. The normalized spacial score (nSPS) is 19.8. The van der Waals surface area contributed by atoms with Crippen LogP contribution in [0.25, 0.3) is 11.3 Å². The molecule has 0 saturated carbocycles. The Morgan fingerprint density at radius 1 is 0.968 bits per heavy atom. The Labute approximate surface area is 180 Å². The second kappa shape index (κ2) is 7.58. The highest BCUT2D eigenvalue weighted by Gasteiger charge is 2.46. The van der Waals surface area contributed by atoms with Crippen molar-refractivity contribution in [3.63, 3.8) is 0 Å². The summed E-state index contributed by atoms with van der Waals surface area (Å²) in [5.41, 5.74) is 1.83.